The van der Waals surface area contributed by atoms with Gasteiger partial charge in [0.2, 0.25) is 0 Å². The maximum atomic E-state index is 5.86. The minimum Gasteiger partial charge on any atom is -0.497 e. The molecule has 0 aromatic heterocycles. The molecule has 0 saturated carbocycles. The van der Waals surface area contributed by atoms with E-state index >= 15 is 0 Å². The molecular formula is C16H15NOS. The highest BCUT2D eigenvalue weighted by Crippen LogP contribution is 2.23. The Balaban J connectivity index is 1.92. The lowest BCUT2D eigenvalue weighted by atomic mass is 10.2. The largest absolute Gasteiger partial charge is 0.497 e. The number of methoxy groups -OCH3 is 1. The van der Waals surface area contributed by atoms with E-state index in [-0.39, 0.29) is 0 Å². The van der Waals surface area contributed by atoms with Gasteiger partial charge < -0.3 is 10.5 Å². The number of nitrogens with two attached hydrogens (primary N) is 1. The molecule has 2 rings (SSSR count). The minimum atomic E-state index is 0.722. The monoisotopic (exact) mass is 269 g/mol. The van der Waals surface area contributed by atoms with E-state index in [1.54, 1.807) is 18.9 Å². The maximum absolute atomic E-state index is 5.86. The maximum Gasteiger partial charge on any atom is 0.118 e. The topological polar surface area (TPSA) is 35.2 Å². The summed E-state index contributed by atoms with van der Waals surface area (Å²) in [4.78, 5) is 1.08. The Morgan fingerprint density at radius 2 is 1.84 bits per heavy atom. The van der Waals surface area contributed by atoms with Crippen LogP contribution in [0.2, 0.25) is 0 Å². The minimum absolute atomic E-state index is 0.722. The van der Waals surface area contributed by atoms with Crippen molar-refractivity contribution in [2.75, 3.05) is 18.6 Å². The summed E-state index contributed by atoms with van der Waals surface area (Å²) >= 11 is 1.65. The summed E-state index contributed by atoms with van der Waals surface area (Å²) in [6.45, 7) is 0. The number of hydrogen-bond donors (Lipinski definition) is 1. The van der Waals surface area contributed by atoms with Gasteiger partial charge in [0.1, 0.15) is 5.75 Å². The van der Waals surface area contributed by atoms with Crippen LogP contribution in [0.5, 0.6) is 5.75 Å². The van der Waals surface area contributed by atoms with Crippen molar-refractivity contribution in [3.8, 4) is 17.6 Å². The number of hydrogen-bond acceptors (Lipinski definition) is 3. The van der Waals surface area contributed by atoms with Crippen LogP contribution < -0.4 is 10.5 Å². The number of anilines is 1. The molecule has 0 atom stereocenters. The predicted molar refractivity (Wildman–Crippen MR) is 81.5 cm³/mol. The molecule has 96 valence electrons. The van der Waals surface area contributed by atoms with Crippen LogP contribution in [0, 0.1) is 11.8 Å². The third-order valence-corrected chi connectivity index (χ3v) is 3.51. The van der Waals surface area contributed by atoms with E-state index in [4.69, 9.17) is 10.5 Å². The number of para-hydroxylation sites is 1. The Morgan fingerprint density at radius 1 is 1.11 bits per heavy atom. The van der Waals surface area contributed by atoms with E-state index in [0.29, 0.717) is 0 Å². The molecule has 0 aliphatic carbocycles. The van der Waals surface area contributed by atoms with Crippen molar-refractivity contribution in [1.82, 2.24) is 0 Å². The van der Waals surface area contributed by atoms with Crippen molar-refractivity contribution in [2.45, 2.75) is 4.90 Å². The van der Waals surface area contributed by atoms with Gasteiger partial charge in [-0.25, -0.2) is 0 Å². The smallest absolute Gasteiger partial charge is 0.118 e. The fourth-order valence-electron chi connectivity index (χ4n) is 1.54. The van der Waals surface area contributed by atoms with Gasteiger partial charge in [-0.05, 0) is 36.4 Å². The summed E-state index contributed by atoms with van der Waals surface area (Å²) in [7, 11) is 1.65. The Kier molecular flexibility index (Phi) is 4.77. The van der Waals surface area contributed by atoms with Crippen molar-refractivity contribution in [3.63, 3.8) is 0 Å². The average Bonchev–Trinajstić information content (AvgIpc) is 2.46. The summed E-state index contributed by atoms with van der Waals surface area (Å²) in [5.41, 5.74) is 7.66. The second kappa shape index (κ2) is 6.77. The van der Waals surface area contributed by atoms with Crippen molar-refractivity contribution >= 4 is 17.4 Å². The summed E-state index contributed by atoms with van der Waals surface area (Å²) in [6.07, 6.45) is 0. The standard InChI is InChI=1S/C16H15NOS/c1-18-14-10-8-13(9-11-14)5-4-12-19-16-7-3-2-6-15(16)17/h2-3,6-11H,12,17H2,1H3. The van der Waals surface area contributed by atoms with Crippen molar-refractivity contribution < 1.29 is 4.74 Å². The van der Waals surface area contributed by atoms with Crippen molar-refractivity contribution in [3.05, 3.63) is 54.1 Å². The number of thioether (sulfide) groups is 1. The van der Waals surface area contributed by atoms with Crippen LogP contribution in [0.1, 0.15) is 5.56 Å². The van der Waals surface area contributed by atoms with Gasteiger partial charge in [-0.3, -0.25) is 0 Å². The van der Waals surface area contributed by atoms with Gasteiger partial charge in [0.25, 0.3) is 0 Å². The predicted octanol–water partition coefficient (Wildman–Crippen LogP) is 3.42. The van der Waals surface area contributed by atoms with Crippen LogP contribution >= 0.6 is 11.8 Å². The summed E-state index contributed by atoms with van der Waals surface area (Å²) < 4.78 is 5.10. The quantitative estimate of drug-likeness (QED) is 0.527. The molecule has 0 aliphatic heterocycles. The van der Waals surface area contributed by atoms with Gasteiger partial charge in [-0.1, -0.05) is 24.0 Å². The van der Waals surface area contributed by atoms with Crippen LogP contribution in [0.25, 0.3) is 0 Å². The second-order valence-electron chi connectivity index (χ2n) is 3.86. The van der Waals surface area contributed by atoms with Gasteiger partial charge >= 0.3 is 0 Å². The lowest BCUT2D eigenvalue weighted by molar-refractivity contribution is 0.415. The zero-order valence-electron chi connectivity index (χ0n) is 10.7. The third kappa shape index (κ3) is 3.97. The molecule has 0 unspecified atom stereocenters. The van der Waals surface area contributed by atoms with Crippen LogP contribution in [-0.4, -0.2) is 12.9 Å². The number of ether oxygens (including phenoxy) is 1. The molecule has 0 saturated heterocycles. The lowest BCUT2D eigenvalue weighted by Gasteiger charge is -2.00. The molecule has 0 amide bonds. The number of nitrogen functional groups attached to an aromatic ring is 1. The normalized spacial score (nSPS) is 9.53. The van der Waals surface area contributed by atoms with Crippen molar-refractivity contribution in [1.29, 1.82) is 0 Å². The summed E-state index contributed by atoms with van der Waals surface area (Å²) in [6, 6.07) is 15.5. The molecular weight excluding hydrogens is 254 g/mol. The number of benzene rings is 2. The Bertz CT molecular complexity index is 596. The van der Waals surface area contributed by atoms with Gasteiger partial charge in [0.05, 0.1) is 12.9 Å². The van der Waals surface area contributed by atoms with E-state index in [0.717, 1.165) is 27.6 Å². The van der Waals surface area contributed by atoms with Crippen LogP contribution in [0.15, 0.2) is 53.4 Å². The van der Waals surface area contributed by atoms with Crippen LogP contribution in [0.3, 0.4) is 0 Å². The highest BCUT2D eigenvalue weighted by Gasteiger charge is 1.96. The molecule has 0 aliphatic rings. The zero-order valence-corrected chi connectivity index (χ0v) is 11.5. The zero-order chi connectivity index (χ0) is 13.5. The molecule has 2 nitrogen and oxygen atoms in total. The molecule has 3 heteroatoms. The molecule has 0 radical (unpaired) electrons. The Labute approximate surface area is 118 Å². The second-order valence-corrected chi connectivity index (χ2v) is 4.87. The van der Waals surface area contributed by atoms with Gasteiger partial charge in [-0.15, -0.1) is 11.8 Å². The first kappa shape index (κ1) is 13.4. The molecule has 0 fully saturated rings. The van der Waals surface area contributed by atoms with Gasteiger partial charge in [0.15, 0.2) is 0 Å². The Morgan fingerprint density at radius 3 is 2.53 bits per heavy atom. The van der Waals surface area contributed by atoms with E-state index in [1.165, 1.54) is 0 Å². The average molecular weight is 269 g/mol. The van der Waals surface area contributed by atoms with E-state index in [2.05, 4.69) is 11.8 Å². The van der Waals surface area contributed by atoms with Crippen molar-refractivity contribution in [2.24, 2.45) is 0 Å². The summed E-state index contributed by atoms with van der Waals surface area (Å²) in [5.74, 6) is 7.82. The van der Waals surface area contributed by atoms with Gasteiger partial charge in [0, 0.05) is 16.1 Å². The van der Waals surface area contributed by atoms with Gasteiger partial charge in [-0.2, -0.15) is 0 Å². The lowest BCUT2D eigenvalue weighted by Crippen LogP contribution is -1.87. The summed E-state index contributed by atoms with van der Waals surface area (Å²) in [5, 5.41) is 0. The molecule has 2 N–H and O–H groups in total. The Hall–Kier alpha value is -2.05. The molecule has 0 spiro atoms. The molecule has 2 aromatic carbocycles. The molecule has 19 heavy (non-hydrogen) atoms. The van der Waals surface area contributed by atoms with E-state index in [1.807, 2.05) is 48.5 Å². The number of rotatable bonds is 3. The first-order valence-corrected chi connectivity index (χ1v) is 6.88. The first-order chi connectivity index (χ1) is 9.29. The van der Waals surface area contributed by atoms with E-state index < -0.39 is 0 Å². The van der Waals surface area contributed by atoms with Crippen LogP contribution in [-0.2, 0) is 0 Å². The molecule has 0 heterocycles. The highest BCUT2D eigenvalue weighted by molar-refractivity contribution is 7.99. The molecule has 2 aromatic rings. The fourth-order valence-corrected chi connectivity index (χ4v) is 2.25. The third-order valence-electron chi connectivity index (χ3n) is 2.54. The highest BCUT2D eigenvalue weighted by atomic mass is 32.2. The first-order valence-electron chi connectivity index (χ1n) is 5.90. The van der Waals surface area contributed by atoms with E-state index in [9.17, 15) is 0 Å². The molecule has 0 bridgehead atoms. The van der Waals surface area contributed by atoms with Crippen LogP contribution in [0.4, 0.5) is 5.69 Å². The fraction of sp³-hybridized carbons (Fsp3) is 0.125. The SMILES string of the molecule is COc1ccc(C#CCSc2ccccc2N)cc1.